The summed E-state index contributed by atoms with van der Waals surface area (Å²) in [6.45, 7) is 3.87. The number of carbonyl (C=O) groups is 1. The molecule has 128 valence electrons. The highest BCUT2D eigenvalue weighted by Gasteiger charge is 2.29. The molecule has 0 radical (unpaired) electrons. The molecule has 2 unspecified atom stereocenters. The van der Waals surface area contributed by atoms with Gasteiger partial charge in [0.1, 0.15) is 5.75 Å². The minimum Gasteiger partial charge on any atom is -0.485 e. The molecule has 0 spiro atoms. The first-order chi connectivity index (χ1) is 11.5. The Balaban J connectivity index is 1.51. The maximum atomic E-state index is 12.0. The number of nitrogens with one attached hydrogen (secondary N) is 1. The topological polar surface area (TPSA) is 103 Å². The van der Waals surface area contributed by atoms with E-state index in [1.807, 2.05) is 6.92 Å². The molecule has 1 aromatic heterocycles. The van der Waals surface area contributed by atoms with E-state index in [4.69, 9.17) is 15.0 Å². The van der Waals surface area contributed by atoms with E-state index < -0.39 is 0 Å². The van der Waals surface area contributed by atoms with Gasteiger partial charge in [0, 0.05) is 17.6 Å². The summed E-state index contributed by atoms with van der Waals surface area (Å²) in [7, 11) is 0. The zero-order valence-electron chi connectivity index (χ0n) is 13.9. The van der Waals surface area contributed by atoms with Crippen molar-refractivity contribution in [1.82, 2.24) is 10.1 Å². The highest BCUT2D eigenvalue weighted by atomic mass is 16.5. The first-order valence-corrected chi connectivity index (χ1v) is 8.14. The monoisotopic (exact) mass is 330 g/mol. The fraction of sp³-hybridized carbons (Fsp3) is 0.471. The standard InChI is InChI=1S/C17H22N4O3/c1-10(11(2)18)16(22)19-13-5-7-14(8-6-13)23-9-15-20-17(24-21-15)12-3-4-12/h5-8,10-12H,3-4,9,18H2,1-2H3,(H,19,22). The van der Waals surface area contributed by atoms with Gasteiger partial charge in [-0.05, 0) is 44.0 Å². The van der Waals surface area contributed by atoms with Crippen molar-refractivity contribution < 1.29 is 14.1 Å². The molecule has 2 atom stereocenters. The molecule has 0 aliphatic heterocycles. The molecule has 1 saturated carbocycles. The van der Waals surface area contributed by atoms with Gasteiger partial charge in [-0.25, -0.2) is 0 Å². The second-order valence-corrected chi connectivity index (χ2v) is 6.27. The number of anilines is 1. The van der Waals surface area contributed by atoms with Gasteiger partial charge < -0.3 is 20.3 Å². The Morgan fingerprint density at radius 3 is 2.71 bits per heavy atom. The molecule has 1 aromatic carbocycles. The quantitative estimate of drug-likeness (QED) is 0.808. The van der Waals surface area contributed by atoms with Gasteiger partial charge in [0.15, 0.2) is 6.61 Å². The van der Waals surface area contributed by atoms with E-state index in [1.54, 1.807) is 31.2 Å². The third-order valence-corrected chi connectivity index (χ3v) is 4.10. The smallest absolute Gasteiger partial charge is 0.229 e. The zero-order valence-corrected chi connectivity index (χ0v) is 13.9. The van der Waals surface area contributed by atoms with Crippen molar-refractivity contribution in [3.8, 4) is 5.75 Å². The molecule has 3 rings (SSSR count). The lowest BCUT2D eigenvalue weighted by Crippen LogP contribution is -2.34. The van der Waals surface area contributed by atoms with Crippen molar-refractivity contribution in [1.29, 1.82) is 0 Å². The van der Waals surface area contributed by atoms with Crippen molar-refractivity contribution >= 4 is 11.6 Å². The van der Waals surface area contributed by atoms with Crippen LogP contribution in [0.2, 0.25) is 0 Å². The number of ether oxygens (including phenoxy) is 1. The van der Waals surface area contributed by atoms with E-state index in [1.165, 1.54) is 0 Å². The summed E-state index contributed by atoms with van der Waals surface area (Å²) in [5, 5.41) is 6.74. The predicted octanol–water partition coefficient (Wildman–Crippen LogP) is 2.45. The van der Waals surface area contributed by atoms with Crippen LogP contribution in [-0.4, -0.2) is 22.1 Å². The number of rotatable bonds is 7. The van der Waals surface area contributed by atoms with Crippen LogP contribution in [0.3, 0.4) is 0 Å². The third kappa shape index (κ3) is 4.11. The summed E-state index contributed by atoms with van der Waals surface area (Å²) in [5.41, 5.74) is 6.44. The lowest BCUT2D eigenvalue weighted by Gasteiger charge is -2.15. The van der Waals surface area contributed by atoms with E-state index in [0.717, 1.165) is 12.8 Å². The molecule has 1 amide bonds. The van der Waals surface area contributed by atoms with Crippen molar-refractivity contribution in [2.45, 2.75) is 45.3 Å². The van der Waals surface area contributed by atoms with Crippen LogP contribution < -0.4 is 15.8 Å². The van der Waals surface area contributed by atoms with Gasteiger partial charge >= 0.3 is 0 Å². The normalized spacial score (nSPS) is 16.5. The average Bonchev–Trinajstić information content (AvgIpc) is 3.32. The van der Waals surface area contributed by atoms with Gasteiger partial charge in [-0.3, -0.25) is 4.79 Å². The highest BCUT2D eigenvalue weighted by Crippen LogP contribution is 2.38. The lowest BCUT2D eigenvalue weighted by molar-refractivity contribution is -0.119. The van der Waals surface area contributed by atoms with E-state index >= 15 is 0 Å². The summed E-state index contributed by atoms with van der Waals surface area (Å²) in [4.78, 5) is 16.3. The van der Waals surface area contributed by atoms with E-state index in [9.17, 15) is 4.79 Å². The molecular weight excluding hydrogens is 308 g/mol. The Morgan fingerprint density at radius 2 is 2.08 bits per heavy atom. The van der Waals surface area contributed by atoms with Gasteiger partial charge in [-0.15, -0.1) is 0 Å². The Hall–Kier alpha value is -2.41. The molecule has 7 nitrogen and oxygen atoms in total. The number of hydrogen-bond donors (Lipinski definition) is 2. The molecule has 0 bridgehead atoms. The van der Waals surface area contributed by atoms with Gasteiger partial charge in [0.25, 0.3) is 0 Å². The van der Waals surface area contributed by atoms with Crippen LogP contribution in [-0.2, 0) is 11.4 Å². The van der Waals surface area contributed by atoms with Gasteiger partial charge in [-0.1, -0.05) is 12.1 Å². The Kier molecular flexibility index (Phi) is 4.80. The van der Waals surface area contributed by atoms with Crippen molar-refractivity contribution in [2.75, 3.05) is 5.32 Å². The number of nitrogens with zero attached hydrogens (tertiary/aromatic N) is 2. The van der Waals surface area contributed by atoms with Crippen LogP contribution >= 0.6 is 0 Å². The first kappa shape index (κ1) is 16.4. The second kappa shape index (κ2) is 7.00. The number of hydrogen-bond acceptors (Lipinski definition) is 6. The predicted molar refractivity (Wildman–Crippen MR) is 88.5 cm³/mol. The van der Waals surface area contributed by atoms with E-state index in [2.05, 4.69) is 15.5 Å². The molecule has 0 saturated heterocycles. The largest absolute Gasteiger partial charge is 0.485 e. The fourth-order valence-electron chi connectivity index (χ4n) is 2.10. The number of amides is 1. The van der Waals surface area contributed by atoms with Gasteiger partial charge in [0.2, 0.25) is 17.6 Å². The molecule has 1 heterocycles. The first-order valence-electron chi connectivity index (χ1n) is 8.14. The molecule has 2 aromatic rings. The molecular formula is C17H22N4O3. The van der Waals surface area contributed by atoms with Crippen LogP contribution in [0.4, 0.5) is 5.69 Å². The maximum absolute atomic E-state index is 12.0. The summed E-state index contributed by atoms with van der Waals surface area (Å²) in [6, 6.07) is 6.95. The number of carbonyl (C=O) groups excluding carboxylic acids is 1. The van der Waals surface area contributed by atoms with Crippen molar-refractivity contribution in [3.05, 3.63) is 36.0 Å². The summed E-state index contributed by atoms with van der Waals surface area (Å²) in [6.07, 6.45) is 2.24. The van der Waals surface area contributed by atoms with Crippen LogP contribution in [0.5, 0.6) is 5.75 Å². The van der Waals surface area contributed by atoms with Crippen molar-refractivity contribution in [3.63, 3.8) is 0 Å². The number of aromatic nitrogens is 2. The molecule has 1 fully saturated rings. The molecule has 7 heteroatoms. The minimum absolute atomic E-state index is 0.0990. The molecule has 3 N–H and O–H groups in total. The van der Waals surface area contributed by atoms with Crippen LogP contribution in [0.15, 0.2) is 28.8 Å². The van der Waals surface area contributed by atoms with E-state index in [0.29, 0.717) is 29.1 Å². The van der Waals surface area contributed by atoms with E-state index in [-0.39, 0.29) is 24.5 Å². The molecule has 1 aliphatic rings. The molecule has 1 aliphatic carbocycles. The Bertz CT molecular complexity index is 692. The molecule has 24 heavy (non-hydrogen) atoms. The van der Waals surface area contributed by atoms with Crippen molar-refractivity contribution in [2.24, 2.45) is 11.7 Å². The Labute approximate surface area is 140 Å². The van der Waals surface area contributed by atoms with Gasteiger partial charge in [-0.2, -0.15) is 4.98 Å². The Morgan fingerprint density at radius 1 is 1.38 bits per heavy atom. The summed E-state index contributed by atoms with van der Waals surface area (Å²) in [5.74, 6) is 2.01. The van der Waals surface area contributed by atoms with Crippen LogP contribution in [0.25, 0.3) is 0 Å². The summed E-state index contributed by atoms with van der Waals surface area (Å²) < 4.78 is 10.8. The van der Waals surface area contributed by atoms with Gasteiger partial charge in [0.05, 0.1) is 5.92 Å². The summed E-state index contributed by atoms with van der Waals surface area (Å²) >= 11 is 0. The average molecular weight is 330 g/mol. The minimum atomic E-state index is -0.250. The lowest BCUT2D eigenvalue weighted by atomic mass is 10.0. The highest BCUT2D eigenvalue weighted by molar-refractivity contribution is 5.92. The number of nitrogens with two attached hydrogens (primary N) is 1. The fourth-order valence-corrected chi connectivity index (χ4v) is 2.10. The van der Waals surface area contributed by atoms with Crippen LogP contribution in [0, 0.1) is 5.92 Å². The second-order valence-electron chi connectivity index (χ2n) is 6.27. The third-order valence-electron chi connectivity index (χ3n) is 4.10. The van der Waals surface area contributed by atoms with Crippen LogP contribution in [0.1, 0.15) is 44.3 Å². The maximum Gasteiger partial charge on any atom is 0.229 e. The SMILES string of the molecule is CC(N)C(C)C(=O)Nc1ccc(OCc2noc(C3CC3)n2)cc1. The zero-order chi connectivity index (χ0) is 17.1. The number of benzene rings is 1.